The molecule has 0 saturated heterocycles. The van der Waals surface area contributed by atoms with Crippen molar-refractivity contribution in [3.8, 4) is 0 Å². The first kappa shape index (κ1) is 19.8. The number of carbonyl (C=O) groups excluding carboxylic acids is 2. The highest BCUT2D eigenvalue weighted by molar-refractivity contribution is 9.10. The molecule has 1 aromatic carbocycles. The summed E-state index contributed by atoms with van der Waals surface area (Å²) in [7, 11) is 1.20. The van der Waals surface area contributed by atoms with E-state index in [1.165, 1.54) is 7.11 Å². The fraction of sp³-hybridized carbons (Fsp3) is 0.529. The molecule has 0 radical (unpaired) electrons. The number of halogens is 4. The highest BCUT2D eigenvalue weighted by Crippen LogP contribution is 2.40. The fourth-order valence-corrected chi connectivity index (χ4v) is 3.30. The molecule has 0 aromatic heterocycles. The van der Waals surface area contributed by atoms with Crippen LogP contribution in [0.25, 0.3) is 0 Å². The van der Waals surface area contributed by atoms with Gasteiger partial charge in [-0.2, -0.15) is 13.2 Å². The maximum Gasteiger partial charge on any atom is 0.391 e. The zero-order valence-electron chi connectivity index (χ0n) is 13.6. The van der Waals surface area contributed by atoms with Crippen molar-refractivity contribution in [1.82, 2.24) is 5.32 Å². The Morgan fingerprint density at radius 1 is 1.24 bits per heavy atom. The number of carbonyl (C=O) groups is 2. The number of benzene rings is 1. The predicted octanol–water partition coefficient (Wildman–Crippen LogP) is 4.15. The molecular formula is C17H19BrF3NO3. The van der Waals surface area contributed by atoms with Crippen LogP contribution < -0.4 is 5.32 Å². The van der Waals surface area contributed by atoms with Crippen LogP contribution in [0.5, 0.6) is 0 Å². The molecule has 4 nitrogen and oxygen atoms in total. The van der Waals surface area contributed by atoms with E-state index in [0.717, 1.165) is 4.47 Å². The van der Waals surface area contributed by atoms with Gasteiger partial charge in [0.2, 0.25) is 5.91 Å². The van der Waals surface area contributed by atoms with Gasteiger partial charge in [0.25, 0.3) is 0 Å². The fourth-order valence-electron chi connectivity index (χ4n) is 3.04. The largest absolute Gasteiger partial charge is 0.467 e. The number of hydrogen-bond acceptors (Lipinski definition) is 3. The van der Waals surface area contributed by atoms with Crippen molar-refractivity contribution < 1.29 is 27.5 Å². The van der Waals surface area contributed by atoms with Gasteiger partial charge in [-0.3, -0.25) is 4.79 Å². The van der Waals surface area contributed by atoms with Crippen molar-refractivity contribution in [3.63, 3.8) is 0 Å². The number of esters is 1. The van der Waals surface area contributed by atoms with E-state index in [2.05, 4.69) is 21.2 Å². The summed E-state index contributed by atoms with van der Waals surface area (Å²) < 4.78 is 44.3. The van der Waals surface area contributed by atoms with Crippen LogP contribution >= 0.6 is 15.9 Å². The van der Waals surface area contributed by atoms with Crippen molar-refractivity contribution in [2.45, 2.75) is 37.9 Å². The molecule has 1 saturated carbocycles. The summed E-state index contributed by atoms with van der Waals surface area (Å²) >= 11 is 3.28. The Morgan fingerprint density at radius 2 is 1.88 bits per heavy atom. The Labute approximate surface area is 152 Å². The van der Waals surface area contributed by atoms with Crippen molar-refractivity contribution in [3.05, 3.63) is 34.3 Å². The smallest absolute Gasteiger partial charge is 0.391 e. The summed E-state index contributed by atoms with van der Waals surface area (Å²) in [6.45, 7) is 0. The van der Waals surface area contributed by atoms with Crippen LogP contribution in [0.3, 0.4) is 0 Å². The van der Waals surface area contributed by atoms with Gasteiger partial charge >= 0.3 is 12.1 Å². The third-order valence-corrected chi connectivity index (χ3v) is 4.96. The molecule has 1 amide bonds. The molecule has 138 valence electrons. The zero-order valence-corrected chi connectivity index (χ0v) is 15.2. The molecule has 0 aliphatic heterocycles. The normalized spacial score (nSPS) is 22.1. The molecule has 1 aliphatic rings. The van der Waals surface area contributed by atoms with E-state index in [1.54, 1.807) is 24.3 Å². The number of amides is 1. The van der Waals surface area contributed by atoms with Crippen molar-refractivity contribution in [2.75, 3.05) is 7.11 Å². The van der Waals surface area contributed by atoms with Crippen LogP contribution in [0, 0.1) is 11.8 Å². The number of ether oxygens (including phenoxy) is 1. The Kier molecular flexibility index (Phi) is 6.48. The van der Waals surface area contributed by atoms with Gasteiger partial charge in [0.1, 0.15) is 0 Å². The number of nitrogens with one attached hydrogen (secondary N) is 1. The third-order valence-electron chi connectivity index (χ3n) is 4.43. The second-order valence-electron chi connectivity index (χ2n) is 6.12. The molecule has 2 rings (SSSR count). The van der Waals surface area contributed by atoms with Gasteiger partial charge in [-0.1, -0.05) is 34.5 Å². The Bertz CT molecular complexity index is 619. The minimum Gasteiger partial charge on any atom is -0.467 e. The van der Waals surface area contributed by atoms with Crippen LogP contribution in [0.4, 0.5) is 13.2 Å². The maximum absolute atomic E-state index is 12.9. The van der Waals surface area contributed by atoms with Crippen molar-refractivity contribution >= 4 is 27.8 Å². The second kappa shape index (κ2) is 8.21. The molecule has 25 heavy (non-hydrogen) atoms. The predicted molar refractivity (Wildman–Crippen MR) is 88.5 cm³/mol. The zero-order chi connectivity index (χ0) is 18.6. The van der Waals surface area contributed by atoms with E-state index >= 15 is 0 Å². The molecule has 0 heterocycles. The van der Waals surface area contributed by atoms with Gasteiger partial charge in [0, 0.05) is 10.4 Å². The van der Waals surface area contributed by atoms with Gasteiger partial charge in [-0.05, 0) is 37.0 Å². The molecule has 1 fully saturated rings. The molecule has 3 atom stereocenters. The van der Waals surface area contributed by atoms with Gasteiger partial charge in [-0.15, -0.1) is 0 Å². The molecular weight excluding hydrogens is 403 g/mol. The van der Waals surface area contributed by atoms with E-state index in [-0.39, 0.29) is 12.8 Å². The minimum atomic E-state index is -4.30. The first-order valence-electron chi connectivity index (χ1n) is 7.92. The SMILES string of the molecule is COC(=O)C(NC(=O)C1CCCC(C(F)(F)F)C1)c1ccc(Br)cc1. The van der Waals surface area contributed by atoms with Crippen molar-refractivity contribution in [1.29, 1.82) is 0 Å². The summed E-state index contributed by atoms with van der Waals surface area (Å²) in [4.78, 5) is 24.5. The number of rotatable bonds is 4. The van der Waals surface area contributed by atoms with Gasteiger partial charge in [-0.25, -0.2) is 4.79 Å². The van der Waals surface area contributed by atoms with Crippen LogP contribution in [0.2, 0.25) is 0 Å². The molecule has 0 bridgehead atoms. The molecule has 1 aromatic rings. The van der Waals surface area contributed by atoms with Crippen LogP contribution in [0.1, 0.15) is 37.3 Å². The lowest BCUT2D eigenvalue weighted by Gasteiger charge is -2.30. The summed E-state index contributed by atoms with van der Waals surface area (Å²) in [5.41, 5.74) is 0.506. The van der Waals surface area contributed by atoms with E-state index in [9.17, 15) is 22.8 Å². The highest BCUT2D eigenvalue weighted by Gasteiger charge is 2.44. The maximum atomic E-state index is 12.9. The van der Waals surface area contributed by atoms with Gasteiger partial charge in [0.05, 0.1) is 13.0 Å². The van der Waals surface area contributed by atoms with Crippen molar-refractivity contribution in [2.24, 2.45) is 11.8 Å². The standard InChI is InChI=1S/C17H19BrF3NO3/c1-25-16(24)14(10-5-7-13(18)8-6-10)22-15(23)11-3-2-4-12(9-11)17(19,20)21/h5-8,11-12,14H,2-4,9H2,1H3,(H,22,23). The number of hydrogen-bond donors (Lipinski definition) is 1. The number of alkyl halides is 3. The lowest BCUT2D eigenvalue weighted by molar-refractivity contribution is -0.186. The summed E-state index contributed by atoms with van der Waals surface area (Å²) in [5, 5.41) is 2.55. The molecule has 3 unspecified atom stereocenters. The van der Waals surface area contributed by atoms with Gasteiger partial charge in [0.15, 0.2) is 6.04 Å². The molecule has 8 heteroatoms. The van der Waals surface area contributed by atoms with Crippen LogP contribution in [-0.2, 0) is 14.3 Å². The van der Waals surface area contributed by atoms with E-state index in [4.69, 9.17) is 4.74 Å². The molecule has 0 spiro atoms. The molecule has 1 aliphatic carbocycles. The summed E-state index contributed by atoms with van der Waals surface area (Å²) in [6.07, 6.45) is -3.79. The monoisotopic (exact) mass is 421 g/mol. The second-order valence-corrected chi connectivity index (χ2v) is 7.03. The average molecular weight is 422 g/mol. The Hall–Kier alpha value is -1.57. The summed E-state index contributed by atoms with van der Waals surface area (Å²) in [5.74, 6) is -3.45. The first-order valence-corrected chi connectivity index (χ1v) is 8.72. The van der Waals surface area contributed by atoms with Crippen LogP contribution in [0.15, 0.2) is 28.7 Å². The van der Waals surface area contributed by atoms with Crippen LogP contribution in [-0.4, -0.2) is 25.2 Å². The number of methoxy groups -OCH3 is 1. The Balaban J connectivity index is 2.11. The lowest BCUT2D eigenvalue weighted by Crippen LogP contribution is -2.41. The Morgan fingerprint density at radius 3 is 2.44 bits per heavy atom. The van der Waals surface area contributed by atoms with Gasteiger partial charge < -0.3 is 10.1 Å². The van der Waals surface area contributed by atoms with E-state index in [0.29, 0.717) is 18.4 Å². The minimum absolute atomic E-state index is 0.0421. The molecule has 1 N–H and O–H groups in total. The highest BCUT2D eigenvalue weighted by atomic mass is 79.9. The first-order chi connectivity index (χ1) is 11.7. The summed E-state index contributed by atoms with van der Waals surface area (Å²) in [6, 6.07) is 5.66. The quantitative estimate of drug-likeness (QED) is 0.742. The lowest BCUT2D eigenvalue weighted by atomic mass is 9.80. The average Bonchev–Trinajstić information content (AvgIpc) is 2.59. The van der Waals surface area contributed by atoms with E-state index < -0.39 is 35.9 Å². The third kappa shape index (κ3) is 5.20. The topological polar surface area (TPSA) is 55.4 Å². The van der Waals surface area contributed by atoms with E-state index in [1.807, 2.05) is 0 Å².